The molecule has 0 atom stereocenters. The van der Waals surface area contributed by atoms with Gasteiger partial charge in [-0.1, -0.05) is 52.9 Å². The summed E-state index contributed by atoms with van der Waals surface area (Å²) in [6.07, 6.45) is 6.10. The average Bonchev–Trinajstić information content (AvgIpc) is 3.08. The molecule has 0 amide bonds. The second kappa shape index (κ2) is 5.80. The van der Waals surface area contributed by atoms with Crippen molar-refractivity contribution >= 4 is 49.5 Å². The molecule has 0 fully saturated rings. The molecular weight excluding hydrogens is 362 g/mol. The van der Waals surface area contributed by atoms with E-state index in [0.29, 0.717) is 0 Å². The van der Waals surface area contributed by atoms with E-state index in [2.05, 4.69) is 67.9 Å². The third kappa shape index (κ3) is 2.22. The van der Waals surface area contributed by atoms with Crippen molar-refractivity contribution in [2.24, 2.45) is 0 Å². The molecule has 4 aromatic rings. The summed E-state index contributed by atoms with van der Waals surface area (Å²) in [7, 11) is 0. The van der Waals surface area contributed by atoms with Crippen molar-refractivity contribution in [1.82, 2.24) is 14.0 Å². The standard InChI is InChI=1S/C20H16BrN3/c1-3-8-15(13-14(2)21)23-18-11-6-7-12-19(18)24-17-10-5-4-9-16(17)22-20(23)24/h3-13H,2H2,1H3/b8-3-,15-13+. The zero-order valence-electron chi connectivity index (χ0n) is 13.3. The Balaban J connectivity index is 2.22. The van der Waals surface area contributed by atoms with Crippen LogP contribution in [-0.2, 0) is 0 Å². The number of hydrogen-bond donors (Lipinski definition) is 0. The summed E-state index contributed by atoms with van der Waals surface area (Å²) in [6.45, 7) is 5.97. The van der Waals surface area contributed by atoms with Crippen LogP contribution in [-0.4, -0.2) is 14.0 Å². The summed E-state index contributed by atoms with van der Waals surface area (Å²) in [5.41, 5.74) is 5.37. The lowest BCUT2D eigenvalue weighted by atomic mass is 10.2. The number of imidazole rings is 2. The van der Waals surface area contributed by atoms with Gasteiger partial charge in [-0.25, -0.2) is 4.98 Å². The Morgan fingerprint density at radius 3 is 2.42 bits per heavy atom. The van der Waals surface area contributed by atoms with E-state index in [1.165, 1.54) is 0 Å². The number of benzene rings is 2. The number of allylic oxidation sites excluding steroid dienone is 5. The molecule has 4 heteroatoms. The van der Waals surface area contributed by atoms with Crippen LogP contribution in [0.15, 0.2) is 77.8 Å². The molecule has 0 radical (unpaired) electrons. The van der Waals surface area contributed by atoms with Gasteiger partial charge in [0.2, 0.25) is 5.78 Å². The lowest BCUT2D eigenvalue weighted by Crippen LogP contribution is -1.96. The van der Waals surface area contributed by atoms with Gasteiger partial charge in [-0.2, -0.15) is 0 Å². The van der Waals surface area contributed by atoms with Crippen LogP contribution in [0, 0.1) is 0 Å². The van der Waals surface area contributed by atoms with Crippen molar-refractivity contribution in [3.05, 3.63) is 77.8 Å². The van der Waals surface area contributed by atoms with E-state index in [9.17, 15) is 0 Å². The van der Waals surface area contributed by atoms with Gasteiger partial charge in [-0.3, -0.25) is 8.97 Å². The van der Waals surface area contributed by atoms with Crippen LogP contribution in [0.3, 0.4) is 0 Å². The highest BCUT2D eigenvalue weighted by atomic mass is 79.9. The van der Waals surface area contributed by atoms with Crippen LogP contribution in [0.5, 0.6) is 0 Å². The number of nitrogens with zero attached hydrogens (tertiary/aromatic N) is 3. The van der Waals surface area contributed by atoms with Gasteiger partial charge in [-0.15, -0.1) is 0 Å². The van der Waals surface area contributed by atoms with Crippen molar-refractivity contribution < 1.29 is 0 Å². The Kier molecular flexibility index (Phi) is 3.62. The number of hydrogen-bond acceptors (Lipinski definition) is 1. The maximum Gasteiger partial charge on any atom is 0.220 e. The fourth-order valence-corrected chi connectivity index (χ4v) is 3.36. The molecule has 0 saturated carbocycles. The Hall–Kier alpha value is -2.59. The minimum absolute atomic E-state index is 0.822. The van der Waals surface area contributed by atoms with E-state index in [4.69, 9.17) is 4.98 Å². The first-order chi connectivity index (χ1) is 11.7. The van der Waals surface area contributed by atoms with E-state index in [1.807, 2.05) is 37.3 Å². The molecule has 2 aromatic heterocycles. The minimum Gasteiger partial charge on any atom is -0.278 e. The van der Waals surface area contributed by atoms with E-state index in [0.717, 1.165) is 38.0 Å². The largest absolute Gasteiger partial charge is 0.278 e. The quantitative estimate of drug-likeness (QED) is 0.415. The maximum atomic E-state index is 4.87. The molecular formula is C20H16BrN3. The van der Waals surface area contributed by atoms with E-state index < -0.39 is 0 Å². The molecule has 118 valence electrons. The van der Waals surface area contributed by atoms with Gasteiger partial charge in [-0.05, 0) is 43.3 Å². The maximum absolute atomic E-state index is 4.87. The van der Waals surface area contributed by atoms with Crippen molar-refractivity contribution in [1.29, 1.82) is 0 Å². The highest BCUT2D eigenvalue weighted by molar-refractivity contribution is 9.11. The molecule has 0 aliphatic carbocycles. The summed E-state index contributed by atoms with van der Waals surface area (Å²) in [6, 6.07) is 16.6. The molecule has 2 heterocycles. The van der Waals surface area contributed by atoms with E-state index in [-0.39, 0.29) is 0 Å². The Morgan fingerprint density at radius 1 is 1.04 bits per heavy atom. The van der Waals surface area contributed by atoms with Crippen LogP contribution >= 0.6 is 15.9 Å². The Morgan fingerprint density at radius 2 is 1.71 bits per heavy atom. The molecule has 2 aromatic carbocycles. The van der Waals surface area contributed by atoms with Crippen molar-refractivity contribution in [2.45, 2.75) is 6.92 Å². The van der Waals surface area contributed by atoms with Gasteiger partial charge in [0.15, 0.2) is 0 Å². The number of aromatic nitrogens is 3. The highest BCUT2D eigenvalue weighted by Crippen LogP contribution is 2.29. The van der Waals surface area contributed by atoms with Gasteiger partial charge >= 0.3 is 0 Å². The predicted molar refractivity (Wildman–Crippen MR) is 105 cm³/mol. The number of fused-ring (bicyclic) bond motifs is 5. The summed E-state index contributed by atoms with van der Waals surface area (Å²) in [5, 5.41) is 0. The molecule has 0 N–H and O–H groups in total. The zero-order valence-corrected chi connectivity index (χ0v) is 14.9. The first-order valence-corrected chi connectivity index (χ1v) is 8.56. The molecule has 3 nitrogen and oxygen atoms in total. The molecule has 0 aliphatic heterocycles. The summed E-state index contributed by atoms with van der Waals surface area (Å²) >= 11 is 3.45. The normalized spacial score (nSPS) is 12.8. The van der Waals surface area contributed by atoms with Gasteiger partial charge in [0.1, 0.15) is 0 Å². The zero-order chi connectivity index (χ0) is 16.7. The molecule has 4 rings (SSSR count). The lowest BCUT2D eigenvalue weighted by Gasteiger charge is -2.06. The summed E-state index contributed by atoms with van der Waals surface area (Å²) in [4.78, 5) is 4.87. The Labute approximate surface area is 148 Å². The van der Waals surface area contributed by atoms with Crippen LogP contribution in [0.1, 0.15) is 6.92 Å². The van der Waals surface area contributed by atoms with Crippen molar-refractivity contribution in [2.75, 3.05) is 0 Å². The topological polar surface area (TPSA) is 22.2 Å². The monoisotopic (exact) mass is 377 g/mol. The average molecular weight is 378 g/mol. The third-order valence-corrected chi connectivity index (χ3v) is 4.24. The molecule has 24 heavy (non-hydrogen) atoms. The van der Waals surface area contributed by atoms with Gasteiger partial charge in [0.25, 0.3) is 0 Å². The van der Waals surface area contributed by atoms with Crippen LogP contribution in [0.25, 0.3) is 33.5 Å². The lowest BCUT2D eigenvalue weighted by molar-refractivity contribution is 1.15. The molecule has 0 bridgehead atoms. The van der Waals surface area contributed by atoms with E-state index in [1.54, 1.807) is 0 Å². The second-order valence-corrected chi connectivity index (χ2v) is 6.59. The summed E-state index contributed by atoms with van der Waals surface area (Å²) in [5.74, 6) is 0.899. The van der Waals surface area contributed by atoms with Gasteiger partial charge in [0.05, 0.1) is 22.1 Å². The van der Waals surface area contributed by atoms with Crippen LogP contribution < -0.4 is 0 Å². The number of halogens is 1. The molecule has 0 saturated heterocycles. The number of rotatable bonds is 3. The fraction of sp³-hybridized carbons (Fsp3) is 0.0500. The minimum atomic E-state index is 0.822. The molecule has 0 unspecified atom stereocenters. The third-order valence-electron chi connectivity index (χ3n) is 4.01. The van der Waals surface area contributed by atoms with E-state index >= 15 is 0 Å². The van der Waals surface area contributed by atoms with Gasteiger partial charge < -0.3 is 0 Å². The number of para-hydroxylation sites is 4. The smallest absolute Gasteiger partial charge is 0.220 e. The summed E-state index contributed by atoms with van der Waals surface area (Å²) < 4.78 is 5.20. The second-order valence-electron chi connectivity index (χ2n) is 5.58. The SMILES string of the molecule is C=C(Br)/C=C(\C=C/C)n1c2ccccc2n2c3ccccc3nc12. The predicted octanol–water partition coefficient (Wildman–Crippen LogP) is 5.77. The first-order valence-electron chi connectivity index (χ1n) is 7.76. The van der Waals surface area contributed by atoms with Crippen LogP contribution in [0.4, 0.5) is 0 Å². The molecule has 0 aliphatic rings. The fourth-order valence-electron chi connectivity index (χ4n) is 3.12. The van der Waals surface area contributed by atoms with Crippen molar-refractivity contribution in [3.63, 3.8) is 0 Å². The Bertz CT molecular complexity index is 1140. The van der Waals surface area contributed by atoms with Crippen molar-refractivity contribution in [3.8, 4) is 0 Å². The molecule has 0 spiro atoms. The van der Waals surface area contributed by atoms with Crippen LogP contribution in [0.2, 0.25) is 0 Å². The highest BCUT2D eigenvalue weighted by Gasteiger charge is 2.16. The first kappa shape index (κ1) is 15.0. The van der Waals surface area contributed by atoms with Gasteiger partial charge in [0, 0.05) is 10.2 Å².